The molecule has 1 aromatic rings. The molecular weight excluding hydrogens is 222 g/mol. The highest BCUT2D eigenvalue weighted by Crippen LogP contribution is 2.30. The summed E-state index contributed by atoms with van der Waals surface area (Å²) in [5.74, 6) is -0.870. The standard InChI is InChI=1S/C9H9F4N.C2H6/c1-14-5-6-2-7(9(11,12)13)4-8(10)3-6;1-2/h2-4,14H,5H2,1H3;1-2H3. The van der Waals surface area contributed by atoms with E-state index >= 15 is 0 Å². The first-order valence-corrected chi connectivity index (χ1v) is 4.95. The number of alkyl halides is 3. The van der Waals surface area contributed by atoms with Crippen molar-refractivity contribution < 1.29 is 17.6 Å². The molecule has 0 atom stereocenters. The average molecular weight is 237 g/mol. The molecule has 92 valence electrons. The lowest BCUT2D eigenvalue weighted by atomic mass is 10.1. The summed E-state index contributed by atoms with van der Waals surface area (Å²) in [4.78, 5) is 0. The van der Waals surface area contributed by atoms with Gasteiger partial charge in [0.25, 0.3) is 0 Å². The molecule has 1 N–H and O–H groups in total. The third kappa shape index (κ3) is 4.61. The monoisotopic (exact) mass is 237 g/mol. The molecule has 0 aliphatic rings. The zero-order valence-electron chi connectivity index (χ0n) is 9.45. The Hall–Kier alpha value is -1.10. The van der Waals surface area contributed by atoms with Gasteiger partial charge in [0.05, 0.1) is 5.56 Å². The summed E-state index contributed by atoms with van der Waals surface area (Å²) in [6.45, 7) is 4.21. The van der Waals surface area contributed by atoms with Gasteiger partial charge in [-0.15, -0.1) is 0 Å². The topological polar surface area (TPSA) is 12.0 Å². The second kappa shape index (κ2) is 6.48. The normalized spacial score (nSPS) is 10.7. The highest BCUT2D eigenvalue weighted by atomic mass is 19.4. The Morgan fingerprint density at radius 3 is 2.12 bits per heavy atom. The van der Waals surface area contributed by atoms with E-state index in [1.807, 2.05) is 13.8 Å². The van der Waals surface area contributed by atoms with Gasteiger partial charge in [-0.1, -0.05) is 13.8 Å². The summed E-state index contributed by atoms with van der Waals surface area (Å²) in [6.07, 6.45) is -4.50. The van der Waals surface area contributed by atoms with E-state index in [0.717, 1.165) is 12.1 Å². The summed E-state index contributed by atoms with van der Waals surface area (Å²) in [7, 11) is 1.58. The minimum absolute atomic E-state index is 0.209. The van der Waals surface area contributed by atoms with Crippen LogP contribution in [0.4, 0.5) is 17.6 Å². The lowest BCUT2D eigenvalue weighted by molar-refractivity contribution is -0.137. The fraction of sp³-hybridized carbons (Fsp3) is 0.455. The minimum atomic E-state index is -4.50. The Balaban J connectivity index is 0.00000106. The molecule has 1 nitrogen and oxygen atoms in total. The molecule has 0 saturated heterocycles. The highest BCUT2D eigenvalue weighted by molar-refractivity contribution is 5.26. The van der Waals surface area contributed by atoms with Crippen LogP contribution in [0.3, 0.4) is 0 Å². The van der Waals surface area contributed by atoms with Crippen LogP contribution in [0, 0.1) is 5.82 Å². The van der Waals surface area contributed by atoms with Gasteiger partial charge in [-0.25, -0.2) is 4.39 Å². The van der Waals surface area contributed by atoms with Gasteiger partial charge in [-0.3, -0.25) is 0 Å². The lowest BCUT2D eigenvalue weighted by Crippen LogP contribution is -2.10. The fourth-order valence-electron chi connectivity index (χ4n) is 1.12. The van der Waals surface area contributed by atoms with Crippen LogP contribution in [-0.4, -0.2) is 7.05 Å². The van der Waals surface area contributed by atoms with Gasteiger partial charge in [0.15, 0.2) is 0 Å². The Bertz CT molecular complexity index is 320. The summed E-state index contributed by atoms with van der Waals surface area (Å²) in [5, 5.41) is 2.66. The number of halogens is 4. The maximum absolute atomic E-state index is 12.8. The number of rotatable bonds is 2. The predicted octanol–water partition coefficient (Wildman–Crippen LogP) is 3.59. The van der Waals surface area contributed by atoms with Crippen LogP contribution in [0.25, 0.3) is 0 Å². The fourth-order valence-corrected chi connectivity index (χ4v) is 1.12. The zero-order chi connectivity index (χ0) is 12.8. The SMILES string of the molecule is CC.CNCc1cc(F)cc(C(F)(F)F)c1. The van der Waals surface area contributed by atoms with Crippen molar-refractivity contribution in [1.82, 2.24) is 5.32 Å². The van der Waals surface area contributed by atoms with E-state index in [4.69, 9.17) is 0 Å². The van der Waals surface area contributed by atoms with Gasteiger partial charge in [-0.05, 0) is 30.8 Å². The number of hydrogen-bond donors (Lipinski definition) is 1. The highest BCUT2D eigenvalue weighted by Gasteiger charge is 2.31. The number of benzene rings is 1. The van der Waals surface area contributed by atoms with E-state index in [0.29, 0.717) is 6.07 Å². The molecule has 0 amide bonds. The van der Waals surface area contributed by atoms with Gasteiger partial charge < -0.3 is 5.32 Å². The molecule has 0 spiro atoms. The second-order valence-electron chi connectivity index (χ2n) is 2.88. The summed E-state index contributed by atoms with van der Waals surface area (Å²) < 4.78 is 49.4. The van der Waals surface area contributed by atoms with Gasteiger partial charge in [0, 0.05) is 6.54 Å². The average Bonchev–Trinajstić information content (AvgIpc) is 2.19. The molecular formula is C11H15F4N. The molecule has 1 aromatic carbocycles. The molecule has 0 fully saturated rings. The number of nitrogens with one attached hydrogen (secondary N) is 1. The van der Waals surface area contributed by atoms with Crippen molar-refractivity contribution in [3.05, 3.63) is 35.1 Å². The summed E-state index contributed by atoms with van der Waals surface area (Å²) in [5.41, 5.74) is -0.678. The first kappa shape index (κ1) is 14.9. The summed E-state index contributed by atoms with van der Waals surface area (Å²) >= 11 is 0. The van der Waals surface area contributed by atoms with Crippen molar-refractivity contribution in [3.63, 3.8) is 0 Å². The van der Waals surface area contributed by atoms with Crippen LogP contribution in [0.5, 0.6) is 0 Å². The quantitative estimate of drug-likeness (QED) is 0.775. The second-order valence-corrected chi connectivity index (χ2v) is 2.88. The maximum Gasteiger partial charge on any atom is 0.416 e. The minimum Gasteiger partial charge on any atom is -0.316 e. The van der Waals surface area contributed by atoms with E-state index in [-0.39, 0.29) is 12.1 Å². The third-order valence-electron chi connectivity index (χ3n) is 1.67. The molecule has 0 heterocycles. The lowest BCUT2D eigenvalue weighted by Gasteiger charge is -2.08. The van der Waals surface area contributed by atoms with Crippen LogP contribution < -0.4 is 5.32 Å². The van der Waals surface area contributed by atoms with Crippen molar-refractivity contribution in [2.45, 2.75) is 26.6 Å². The van der Waals surface area contributed by atoms with Gasteiger partial charge in [-0.2, -0.15) is 13.2 Å². The Kier molecular flexibility index (Phi) is 6.03. The molecule has 0 bridgehead atoms. The summed E-state index contributed by atoms with van der Waals surface area (Å²) in [6, 6.07) is 2.49. The van der Waals surface area contributed by atoms with Crippen LogP contribution in [0.15, 0.2) is 18.2 Å². The van der Waals surface area contributed by atoms with Crippen molar-refractivity contribution in [2.24, 2.45) is 0 Å². The first-order chi connectivity index (χ1) is 7.43. The van der Waals surface area contributed by atoms with Crippen LogP contribution in [-0.2, 0) is 12.7 Å². The van der Waals surface area contributed by atoms with Crippen molar-refractivity contribution in [2.75, 3.05) is 7.05 Å². The van der Waals surface area contributed by atoms with Crippen molar-refractivity contribution >= 4 is 0 Å². The van der Waals surface area contributed by atoms with Crippen LogP contribution >= 0.6 is 0 Å². The van der Waals surface area contributed by atoms with Gasteiger partial charge >= 0.3 is 6.18 Å². The largest absolute Gasteiger partial charge is 0.416 e. The van der Waals surface area contributed by atoms with E-state index < -0.39 is 17.6 Å². The molecule has 0 unspecified atom stereocenters. The molecule has 0 aromatic heterocycles. The smallest absolute Gasteiger partial charge is 0.316 e. The molecule has 16 heavy (non-hydrogen) atoms. The van der Waals surface area contributed by atoms with E-state index in [9.17, 15) is 17.6 Å². The van der Waals surface area contributed by atoms with E-state index in [2.05, 4.69) is 5.32 Å². The third-order valence-corrected chi connectivity index (χ3v) is 1.67. The number of hydrogen-bond acceptors (Lipinski definition) is 1. The molecule has 0 saturated carbocycles. The predicted molar refractivity (Wildman–Crippen MR) is 55.5 cm³/mol. The van der Waals surface area contributed by atoms with Gasteiger partial charge in [0.2, 0.25) is 0 Å². The van der Waals surface area contributed by atoms with E-state index in [1.165, 1.54) is 0 Å². The van der Waals surface area contributed by atoms with Gasteiger partial charge in [0.1, 0.15) is 5.82 Å². The van der Waals surface area contributed by atoms with Crippen LogP contribution in [0.1, 0.15) is 25.0 Å². The molecule has 0 aliphatic carbocycles. The first-order valence-electron chi connectivity index (χ1n) is 4.95. The maximum atomic E-state index is 12.8. The van der Waals surface area contributed by atoms with E-state index in [1.54, 1.807) is 7.05 Å². The van der Waals surface area contributed by atoms with Crippen LogP contribution in [0.2, 0.25) is 0 Å². The molecule has 0 aliphatic heterocycles. The Morgan fingerprint density at radius 2 is 1.69 bits per heavy atom. The Labute approximate surface area is 92.5 Å². The molecule has 5 heteroatoms. The Morgan fingerprint density at radius 1 is 1.12 bits per heavy atom. The van der Waals surface area contributed by atoms with Crippen molar-refractivity contribution in [3.8, 4) is 0 Å². The molecule has 1 rings (SSSR count). The zero-order valence-corrected chi connectivity index (χ0v) is 9.45. The molecule has 0 radical (unpaired) electrons. The van der Waals surface area contributed by atoms with Crippen molar-refractivity contribution in [1.29, 1.82) is 0 Å².